The molecule has 0 heterocycles. The smallest absolute Gasteiger partial charge is 0.0157 e. The Balaban J connectivity index is 0. The van der Waals surface area contributed by atoms with Crippen LogP contribution in [0, 0.1) is 0 Å². The van der Waals surface area contributed by atoms with E-state index < -0.39 is 7.60 Å². The Morgan fingerprint density at radius 3 is 1.16 bits per heavy atom. The van der Waals surface area contributed by atoms with E-state index >= 15 is 0 Å². The zero-order valence-corrected chi connectivity index (χ0v) is 24.2. The summed E-state index contributed by atoms with van der Waals surface area (Å²) in [6.45, 7) is 16.8. The summed E-state index contributed by atoms with van der Waals surface area (Å²) < 4.78 is 32.0. The van der Waals surface area contributed by atoms with Crippen molar-refractivity contribution in [3.05, 3.63) is 30.3 Å². The van der Waals surface area contributed by atoms with Gasteiger partial charge in [0, 0.05) is 0 Å². The second-order valence-corrected chi connectivity index (χ2v) is 10.4. The van der Waals surface area contributed by atoms with Crippen LogP contribution >= 0.6 is 7.60 Å². The summed E-state index contributed by atoms with van der Waals surface area (Å²) in [5.41, 5.74) is 0. The molecule has 10 heteroatoms. The summed E-state index contributed by atoms with van der Waals surface area (Å²) in [4.78, 5) is 20.6. The molecule has 32 heavy (non-hydrogen) atoms. The molecule has 1 aromatic carbocycles. The maximum atomic E-state index is 10.3. The van der Waals surface area contributed by atoms with Gasteiger partial charge in [0.25, 0.3) is 0 Å². The fraction of sp³-hybridized carbons (Fsp3) is 0.727. The maximum absolute atomic E-state index is 10.3. The Hall–Kier alpha value is 0.275. The molecule has 0 aliphatic carbocycles. The van der Waals surface area contributed by atoms with Crippen LogP contribution in [0.3, 0.4) is 0 Å². The van der Waals surface area contributed by atoms with Gasteiger partial charge < -0.3 is 14.4 Å². The molecule has 182 valence electrons. The van der Waals surface area contributed by atoms with E-state index in [0.717, 1.165) is 25.7 Å². The van der Waals surface area contributed by atoms with E-state index in [-0.39, 0.29) is 37.1 Å². The van der Waals surface area contributed by atoms with Crippen molar-refractivity contribution in [1.82, 2.24) is 0 Å². The monoisotopic (exact) mass is 502 g/mol. The van der Waals surface area contributed by atoms with Crippen molar-refractivity contribution in [1.29, 1.82) is 0 Å². The number of hydrogen-bond acceptors (Lipinski definition) is 7. The minimum atomic E-state index is -4.52. The molecule has 1 aromatic rings. The topological polar surface area (TPSA) is 100 Å². The molecular formula is C22H41Al2O7P. The van der Waals surface area contributed by atoms with E-state index in [1.54, 1.807) is 6.07 Å². The maximum Gasteiger partial charge on any atom is -0.0157 e. The van der Waals surface area contributed by atoms with E-state index in [1.165, 1.54) is 24.3 Å². The van der Waals surface area contributed by atoms with Crippen molar-refractivity contribution in [3.8, 4) is 0 Å². The third kappa shape index (κ3) is 22.1. The first-order chi connectivity index (χ1) is 15.0. The number of rotatable bonds is 13. The van der Waals surface area contributed by atoms with Crippen molar-refractivity contribution in [3.63, 3.8) is 0 Å². The second kappa shape index (κ2) is 21.8. The normalized spacial score (nSPS) is 14.3. The molecule has 0 saturated heterocycles. The molecule has 0 amide bonds. The molecule has 0 aliphatic rings. The van der Waals surface area contributed by atoms with Crippen molar-refractivity contribution in [2.24, 2.45) is 0 Å². The molecular weight excluding hydrogens is 461 g/mol. The fourth-order valence-electron chi connectivity index (χ4n) is 1.44. The molecule has 1 rings (SSSR count). The SMILES string of the molecule is CCC(C)[O][Al+][O]C(C)CC.CCC(C)[O][Al+][O]C(C)CC.O=P([O-])([O-])c1ccccc1. The van der Waals surface area contributed by atoms with Gasteiger partial charge in [0.05, 0.1) is 0 Å². The van der Waals surface area contributed by atoms with Crippen LogP contribution in [0.15, 0.2) is 30.3 Å². The van der Waals surface area contributed by atoms with Crippen LogP contribution in [0.5, 0.6) is 0 Å². The third-order valence-corrected chi connectivity index (χ3v) is 7.76. The summed E-state index contributed by atoms with van der Waals surface area (Å²) in [5.74, 6) is 0. The van der Waals surface area contributed by atoms with Gasteiger partial charge in [-0.2, -0.15) is 0 Å². The predicted octanol–water partition coefficient (Wildman–Crippen LogP) is 3.53. The van der Waals surface area contributed by atoms with E-state index in [0.29, 0.717) is 24.4 Å². The Morgan fingerprint density at radius 2 is 0.969 bits per heavy atom. The van der Waals surface area contributed by atoms with E-state index in [2.05, 4.69) is 55.4 Å². The van der Waals surface area contributed by atoms with Gasteiger partial charge in [0.1, 0.15) is 0 Å². The summed E-state index contributed by atoms with van der Waals surface area (Å²) in [6.07, 6.45) is 5.69. The molecule has 0 bridgehead atoms. The number of benzene rings is 1. The van der Waals surface area contributed by atoms with Gasteiger partial charge in [0.15, 0.2) is 0 Å². The first kappa shape index (κ1) is 34.4. The minimum absolute atomic E-state index is 0.157. The first-order valence-corrected chi connectivity index (χ1v) is 14.8. The van der Waals surface area contributed by atoms with Crippen LogP contribution in [0.25, 0.3) is 0 Å². The zero-order valence-electron chi connectivity index (χ0n) is 21.0. The van der Waals surface area contributed by atoms with Crippen molar-refractivity contribution < 1.29 is 29.5 Å². The van der Waals surface area contributed by atoms with Gasteiger partial charge in [-0.3, -0.25) is 0 Å². The largest absolute Gasteiger partial charge is 0.807 e. The summed E-state index contributed by atoms with van der Waals surface area (Å²) in [5, 5.41) is -0.157. The second-order valence-electron chi connectivity index (χ2n) is 7.45. The van der Waals surface area contributed by atoms with Gasteiger partial charge in [-0.25, -0.2) is 0 Å². The van der Waals surface area contributed by atoms with Gasteiger partial charge in [-0.05, 0) is 12.9 Å². The van der Waals surface area contributed by atoms with Crippen LogP contribution in [0.1, 0.15) is 81.1 Å². The van der Waals surface area contributed by atoms with Crippen molar-refractivity contribution >= 4 is 44.7 Å². The van der Waals surface area contributed by atoms with Crippen LogP contribution in [-0.4, -0.2) is 56.2 Å². The van der Waals surface area contributed by atoms with Gasteiger partial charge >= 0.3 is 152 Å². The molecule has 0 aromatic heterocycles. The Kier molecular flexibility index (Phi) is 23.4. The third-order valence-electron chi connectivity index (χ3n) is 4.52. The van der Waals surface area contributed by atoms with E-state index in [9.17, 15) is 14.4 Å². The molecule has 0 fully saturated rings. The molecule has 4 unspecified atom stereocenters. The Labute approximate surface area is 209 Å². The fourth-order valence-corrected chi connectivity index (χ4v) is 3.63. The van der Waals surface area contributed by atoms with Gasteiger partial charge in [0.2, 0.25) is 0 Å². The molecule has 0 saturated carbocycles. The predicted molar refractivity (Wildman–Crippen MR) is 129 cm³/mol. The standard InChI is InChI=1S/C6H7O3P.4C4H9O.2Al/c7-10(8,9)6-4-2-1-3-5-6;4*1-3-4(2)5;;/h1-5H,(H2,7,8,9);4*4H,3H2,1-2H3;;/q;4*-1;2*+3/p-2. The molecule has 7 nitrogen and oxygen atoms in total. The summed E-state index contributed by atoms with van der Waals surface area (Å²) in [7, 11) is -4.52. The first-order valence-electron chi connectivity index (χ1n) is 11.3. The average Bonchev–Trinajstić information content (AvgIpc) is 2.79. The zero-order chi connectivity index (χ0) is 25.0. The Bertz CT molecular complexity index is 533. The van der Waals surface area contributed by atoms with Gasteiger partial charge in [-0.1, -0.05) is 30.3 Å². The van der Waals surface area contributed by atoms with E-state index in [4.69, 9.17) is 15.2 Å². The molecule has 0 radical (unpaired) electrons. The van der Waals surface area contributed by atoms with Crippen LogP contribution in [0.2, 0.25) is 0 Å². The van der Waals surface area contributed by atoms with E-state index in [1.807, 2.05) is 0 Å². The van der Waals surface area contributed by atoms with Crippen molar-refractivity contribution in [2.45, 2.75) is 105 Å². The van der Waals surface area contributed by atoms with Crippen molar-refractivity contribution in [2.75, 3.05) is 0 Å². The molecule has 4 atom stereocenters. The Morgan fingerprint density at radius 1 is 0.688 bits per heavy atom. The average molecular weight is 503 g/mol. The number of hydrogen-bond donors (Lipinski definition) is 0. The molecule has 0 spiro atoms. The van der Waals surface area contributed by atoms with Crippen LogP contribution in [-0.2, 0) is 19.7 Å². The van der Waals surface area contributed by atoms with Crippen LogP contribution in [0.4, 0.5) is 0 Å². The van der Waals surface area contributed by atoms with Gasteiger partial charge in [-0.15, -0.1) is 0 Å². The summed E-state index contributed by atoms with van der Waals surface area (Å²) >= 11 is -0.499. The quantitative estimate of drug-likeness (QED) is 0.301. The van der Waals surface area contributed by atoms with Crippen LogP contribution < -0.4 is 15.1 Å². The summed E-state index contributed by atoms with van der Waals surface area (Å²) in [6, 6.07) is 7.23. The minimum Gasteiger partial charge on any atom is -0.807 e. The molecule has 0 N–H and O–H groups in total. The molecule has 0 aliphatic heterocycles.